The Balaban J connectivity index is 2.32. The Morgan fingerprint density at radius 1 is 1.91 bits per heavy atom. The van der Waals surface area contributed by atoms with Crippen LogP contribution in [-0.2, 0) is 18.6 Å². The molecule has 0 aromatic heterocycles. The van der Waals surface area contributed by atoms with Crippen LogP contribution in [0.3, 0.4) is 0 Å². The molecule has 1 rings (SSSR count). The van der Waals surface area contributed by atoms with E-state index in [0.717, 1.165) is 7.11 Å². The molecule has 2 atom stereocenters. The van der Waals surface area contributed by atoms with E-state index < -0.39 is 13.7 Å². The normalized spacial score (nSPS) is 28.5. The number of carbonyl (C=O) groups is 1. The van der Waals surface area contributed by atoms with Crippen LogP contribution in [0.15, 0.2) is 0 Å². The van der Waals surface area contributed by atoms with Crippen molar-refractivity contribution < 1.29 is 23.5 Å². The highest BCUT2D eigenvalue weighted by Crippen LogP contribution is 2.43. The lowest BCUT2D eigenvalue weighted by molar-refractivity contribution is -0.167. The van der Waals surface area contributed by atoms with Crippen LogP contribution in [-0.4, -0.2) is 30.2 Å². The van der Waals surface area contributed by atoms with E-state index in [-0.39, 0.29) is 18.6 Å². The summed E-state index contributed by atoms with van der Waals surface area (Å²) in [5.41, 5.74) is 0. The van der Waals surface area contributed by atoms with Crippen LogP contribution >= 0.6 is 7.60 Å². The van der Waals surface area contributed by atoms with Gasteiger partial charge in [-0.25, -0.2) is 0 Å². The summed E-state index contributed by atoms with van der Waals surface area (Å²) in [5.74, 6) is -0.328. The van der Waals surface area contributed by atoms with Crippen LogP contribution in [0.4, 0.5) is 0 Å². The summed E-state index contributed by atoms with van der Waals surface area (Å²) in [6, 6.07) is 0. The zero-order chi connectivity index (χ0) is 8.48. The first-order valence-electron chi connectivity index (χ1n) is 3.10. The largest absolute Gasteiger partial charge is 0.461 e. The SMILES string of the molecule is COP(=O)(O)CC1CC(=O)O1. The quantitative estimate of drug-likeness (QED) is 0.493. The second-order valence-corrected chi connectivity index (χ2v) is 4.32. The number of hydrogen-bond donors (Lipinski definition) is 1. The number of hydrogen-bond acceptors (Lipinski definition) is 4. The van der Waals surface area contributed by atoms with Crippen molar-refractivity contribution >= 4 is 13.6 Å². The van der Waals surface area contributed by atoms with Gasteiger partial charge in [-0.1, -0.05) is 0 Å². The Morgan fingerprint density at radius 3 is 2.82 bits per heavy atom. The zero-order valence-electron chi connectivity index (χ0n) is 6.02. The smallest absolute Gasteiger partial charge is 0.331 e. The van der Waals surface area contributed by atoms with Crippen LogP contribution in [0.25, 0.3) is 0 Å². The fraction of sp³-hybridized carbons (Fsp3) is 0.800. The van der Waals surface area contributed by atoms with E-state index in [1.54, 1.807) is 0 Å². The molecule has 64 valence electrons. The molecule has 0 aromatic rings. The second kappa shape index (κ2) is 2.93. The van der Waals surface area contributed by atoms with Gasteiger partial charge in [0.1, 0.15) is 6.10 Å². The van der Waals surface area contributed by atoms with Gasteiger partial charge in [0.25, 0.3) is 0 Å². The predicted octanol–water partition coefficient (Wildman–Crippen LogP) is 0.134. The molecule has 1 heterocycles. The monoisotopic (exact) mass is 180 g/mol. The molecule has 6 heteroatoms. The molecular weight excluding hydrogens is 171 g/mol. The minimum Gasteiger partial charge on any atom is -0.461 e. The minimum atomic E-state index is -3.50. The van der Waals surface area contributed by atoms with Crippen LogP contribution in [0.2, 0.25) is 0 Å². The van der Waals surface area contributed by atoms with Gasteiger partial charge in [0, 0.05) is 7.11 Å². The van der Waals surface area contributed by atoms with E-state index in [1.807, 2.05) is 0 Å². The summed E-state index contributed by atoms with van der Waals surface area (Å²) in [5, 5.41) is 0. The van der Waals surface area contributed by atoms with E-state index in [2.05, 4.69) is 9.26 Å². The van der Waals surface area contributed by atoms with E-state index in [9.17, 15) is 9.36 Å². The van der Waals surface area contributed by atoms with Gasteiger partial charge in [0.05, 0.1) is 12.6 Å². The Morgan fingerprint density at radius 2 is 2.45 bits per heavy atom. The average Bonchev–Trinajstić information content (AvgIpc) is 1.84. The molecular formula is C5H9O5P. The van der Waals surface area contributed by atoms with Gasteiger partial charge in [-0.2, -0.15) is 0 Å². The standard InChI is InChI=1S/C5H9O5P/c1-9-11(7,8)3-4-2-5(6)10-4/h4H,2-3H2,1H3,(H,7,8). The van der Waals surface area contributed by atoms with Gasteiger partial charge < -0.3 is 14.2 Å². The molecule has 0 bridgehead atoms. The third kappa shape index (κ3) is 2.29. The van der Waals surface area contributed by atoms with Gasteiger partial charge in [-0.3, -0.25) is 9.36 Å². The summed E-state index contributed by atoms with van der Waals surface area (Å²) in [6.07, 6.45) is -0.318. The van der Waals surface area contributed by atoms with E-state index in [1.165, 1.54) is 0 Å². The zero-order valence-corrected chi connectivity index (χ0v) is 6.91. The lowest BCUT2D eigenvalue weighted by Crippen LogP contribution is -2.35. The summed E-state index contributed by atoms with van der Waals surface area (Å²) >= 11 is 0. The molecule has 0 saturated carbocycles. The highest BCUT2D eigenvalue weighted by atomic mass is 31.2. The third-order valence-electron chi connectivity index (χ3n) is 1.41. The molecule has 0 spiro atoms. The maximum Gasteiger partial charge on any atom is 0.331 e. The van der Waals surface area contributed by atoms with Crippen molar-refractivity contribution in [2.75, 3.05) is 13.3 Å². The number of cyclic esters (lactones) is 1. The Labute approximate surface area is 63.8 Å². The molecule has 2 unspecified atom stereocenters. The molecule has 0 amide bonds. The van der Waals surface area contributed by atoms with Crippen molar-refractivity contribution in [1.82, 2.24) is 0 Å². The molecule has 5 nitrogen and oxygen atoms in total. The maximum atomic E-state index is 10.8. The van der Waals surface area contributed by atoms with Crippen LogP contribution < -0.4 is 0 Å². The summed E-state index contributed by atoms with van der Waals surface area (Å²) in [7, 11) is -2.34. The molecule has 11 heavy (non-hydrogen) atoms. The van der Waals surface area contributed by atoms with Gasteiger partial charge in [-0.05, 0) is 0 Å². The van der Waals surface area contributed by atoms with Crippen molar-refractivity contribution in [1.29, 1.82) is 0 Å². The van der Waals surface area contributed by atoms with Gasteiger partial charge in [-0.15, -0.1) is 0 Å². The summed E-state index contributed by atoms with van der Waals surface area (Å²) in [4.78, 5) is 19.1. The number of carbonyl (C=O) groups excluding carboxylic acids is 1. The van der Waals surface area contributed by atoms with Crippen molar-refractivity contribution in [3.63, 3.8) is 0 Å². The Bertz CT molecular complexity index is 205. The van der Waals surface area contributed by atoms with Crippen molar-refractivity contribution in [2.24, 2.45) is 0 Å². The maximum absolute atomic E-state index is 10.8. The van der Waals surface area contributed by atoms with Crippen LogP contribution in [0.5, 0.6) is 0 Å². The van der Waals surface area contributed by atoms with Crippen LogP contribution in [0.1, 0.15) is 6.42 Å². The second-order valence-electron chi connectivity index (χ2n) is 2.32. The molecule has 1 aliphatic heterocycles. The molecule has 1 saturated heterocycles. The molecule has 0 aliphatic carbocycles. The van der Waals surface area contributed by atoms with Crippen molar-refractivity contribution in [3.05, 3.63) is 0 Å². The summed E-state index contributed by atoms with van der Waals surface area (Å²) < 4.78 is 19.7. The fourth-order valence-electron chi connectivity index (χ4n) is 0.796. The molecule has 0 aromatic carbocycles. The van der Waals surface area contributed by atoms with E-state index in [4.69, 9.17) is 4.89 Å². The molecule has 1 aliphatic rings. The van der Waals surface area contributed by atoms with Crippen LogP contribution in [0, 0.1) is 0 Å². The van der Waals surface area contributed by atoms with E-state index >= 15 is 0 Å². The number of ether oxygens (including phenoxy) is 1. The Hall–Kier alpha value is -0.380. The number of rotatable bonds is 3. The highest BCUT2D eigenvalue weighted by molar-refractivity contribution is 7.52. The first-order valence-corrected chi connectivity index (χ1v) is 4.87. The fourth-order valence-corrected chi connectivity index (χ4v) is 1.66. The highest BCUT2D eigenvalue weighted by Gasteiger charge is 2.35. The lowest BCUT2D eigenvalue weighted by atomic mass is 10.2. The summed E-state index contributed by atoms with van der Waals surface area (Å²) in [6.45, 7) is 0. The Kier molecular flexibility index (Phi) is 2.32. The molecule has 0 radical (unpaired) electrons. The molecule has 1 N–H and O–H groups in total. The average molecular weight is 180 g/mol. The van der Waals surface area contributed by atoms with E-state index in [0.29, 0.717) is 0 Å². The first-order chi connectivity index (χ1) is 5.03. The van der Waals surface area contributed by atoms with Crippen molar-refractivity contribution in [2.45, 2.75) is 12.5 Å². The molecule has 1 fully saturated rings. The third-order valence-corrected chi connectivity index (χ3v) is 2.85. The van der Waals surface area contributed by atoms with Gasteiger partial charge in [0.2, 0.25) is 0 Å². The first kappa shape index (κ1) is 8.71. The predicted molar refractivity (Wildman–Crippen MR) is 36.2 cm³/mol. The topological polar surface area (TPSA) is 72.8 Å². The van der Waals surface area contributed by atoms with Crippen molar-refractivity contribution in [3.8, 4) is 0 Å². The lowest BCUT2D eigenvalue weighted by Gasteiger charge is -2.26. The number of esters is 1. The van der Waals surface area contributed by atoms with Gasteiger partial charge >= 0.3 is 13.6 Å². The van der Waals surface area contributed by atoms with Gasteiger partial charge in [0.15, 0.2) is 0 Å². The minimum absolute atomic E-state index is 0.102.